The van der Waals surface area contributed by atoms with Crippen molar-refractivity contribution in [2.24, 2.45) is 10.2 Å². The van der Waals surface area contributed by atoms with E-state index in [1.165, 1.54) is 18.2 Å². The Morgan fingerprint density at radius 1 is 0.960 bits per heavy atom. The maximum Gasteiger partial charge on any atom is 0.296 e. The maximum atomic E-state index is 11.5. The van der Waals surface area contributed by atoms with Crippen molar-refractivity contribution in [1.82, 2.24) is 0 Å². The summed E-state index contributed by atoms with van der Waals surface area (Å²) in [6, 6.07) is 12.6. The molecule has 7 nitrogen and oxygen atoms in total. The van der Waals surface area contributed by atoms with Crippen LogP contribution in [0.3, 0.4) is 0 Å². The summed E-state index contributed by atoms with van der Waals surface area (Å²) in [6.45, 7) is 1.67. The van der Waals surface area contributed by atoms with Crippen LogP contribution >= 0.6 is 0 Å². The zero-order chi connectivity index (χ0) is 18.2. The Morgan fingerprint density at radius 2 is 1.68 bits per heavy atom. The molecule has 3 aromatic rings. The van der Waals surface area contributed by atoms with E-state index in [-0.39, 0.29) is 22.0 Å². The van der Waals surface area contributed by atoms with Gasteiger partial charge in [0.05, 0.1) is 0 Å². The lowest BCUT2D eigenvalue weighted by atomic mass is 10.1. The molecule has 0 aliphatic rings. The van der Waals surface area contributed by atoms with Crippen LogP contribution in [0.1, 0.15) is 5.56 Å². The van der Waals surface area contributed by atoms with E-state index in [0.717, 1.165) is 0 Å². The summed E-state index contributed by atoms with van der Waals surface area (Å²) in [5.41, 5.74) is 0.537. The monoisotopic (exact) mass is 358 g/mol. The fraction of sp³-hybridized carbons (Fsp3) is 0.0588. The summed E-state index contributed by atoms with van der Waals surface area (Å²) in [7, 11) is -4.49. The molecule has 0 heterocycles. The molecule has 128 valence electrons. The molecule has 0 aliphatic carbocycles. The van der Waals surface area contributed by atoms with Crippen LogP contribution in [0.15, 0.2) is 63.7 Å². The maximum absolute atomic E-state index is 11.5. The first-order valence-electron chi connectivity index (χ1n) is 7.21. The molecule has 8 heteroatoms. The molecule has 0 aromatic heterocycles. The Bertz CT molecular complexity index is 1110. The van der Waals surface area contributed by atoms with Gasteiger partial charge in [-0.1, -0.05) is 30.3 Å². The number of aryl methyl sites for hydroxylation is 1. The standard InChI is InChI=1S/C17H14N2O5S/c1-10-6-7-13(15(8-10)25(22,23)24)18-19-16-12-5-3-2-4-11(12)9-14(20)17(16)21/h2-9,20-21H,1H3,(H,22,23,24). The molecular weight excluding hydrogens is 344 g/mol. The Labute approximate surface area is 143 Å². The first-order chi connectivity index (χ1) is 11.8. The van der Waals surface area contributed by atoms with E-state index in [1.807, 2.05) is 0 Å². The van der Waals surface area contributed by atoms with Crippen molar-refractivity contribution in [3.8, 4) is 11.5 Å². The van der Waals surface area contributed by atoms with E-state index >= 15 is 0 Å². The van der Waals surface area contributed by atoms with Gasteiger partial charge in [0.25, 0.3) is 10.1 Å². The number of phenols is 2. The Morgan fingerprint density at radius 3 is 2.40 bits per heavy atom. The molecule has 0 aliphatic heterocycles. The van der Waals surface area contributed by atoms with Crippen LogP contribution in [0.25, 0.3) is 10.8 Å². The van der Waals surface area contributed by atoms with Crippen molar-refractivity contribution < 1.29 is 23.2 Å². The molecule has 3 N–H and O–H groups in total. The molecule has 0 radical (unpaired) electrons. The molecule has 3 rings (SSSR count). The van der Waals surface area contributed by atoms with Gasteiger partial charge in [0.15, 0.2) is 11.5 Å². The Kier molecular flexibility index (Phi) is 4.15. The average molecular weight is 358 g/mol. The van der Waals surface area contributed by atoms with Crippen molar-refractivity contribution in [1.29, 1.82) is 0 Å². The van der Waals surface area contributed by atoms with Gasteiger partial charge in [-0.15, -0.1) is 10.2 Å². The van der Waals surface area contributed by atoms with Gasteiger partial charge in [-0.25, -0.2) is 0 Å². The van der Waals surface area contributed by atoms with Gasteiger partial charge in [0, 0.05) is 5.39 Å². The number of azo groups is 1. The van der Waals surface area contributed by atoms with Crippen molar-refractivity contribution in [2.45, 2.75) is 11.8 Å². The predicted molar refractivity (Wildman–Crippen MR) is 92.4 cm³/mol. The van der Waals surface area contributed by atoms with E-state index in [2.05, 4.69) is 10.2 Å². The van der Waals surface area contributed by atoms with Gasteiger partial charge >= 0.3 is 0 Å². The van der Waals surface area contributed by atoms with Gasteiger partial charge in [0.2, 0.25) is 0 Å². The third-order valence-corrected chi connectivity index (χ3v) is 4.51. The molecule has 3 aromatic carbocycles. The average Bonchev–Trinajstić information content (AvgIpc) is 2.55. The first-order valence-corrected chi connectivity index (χ1v) is 8.65. The van der Waals surface area contributed by atoms with Crippen molar-refractivity contribution in [3.63, 3.8) is 0 Å². The van der Waals surface area contributed by atoms with Crippen LogP contribution in [0.4, 0.5) is 11.4 Å². The fourth-order valence-corrected chi connectivity index (χ4v) is 3.13. The lowest BCUT2D eigenvalue weighted by molar-refractivity contribution is 0.406. The quantitative estimate of drug-likeness (QED) is 0.368. The lowest BCUT2D eigenvalue weighted by Gasteiger charge is -2.07. The zero-order valence-corrected chi connectivity index (χ0v) is 13.9. The number of hydrogen-bond acceptors (Lipinski definition) is 6. The summed E-state index contributed by atoms with van der Waals surface area (Å²) in [5, 5.41) is 28.8. The minimum absolute atomic E-state index is 0.00235. The van der Waals surface area contributed by atoms with Crippen molar-refractivity contribution in [2.75, 3.05) is 0 Å². The van der Waals surface area contributed by atoms with E-state index in [0.29, 0.717) is 16.3 Å². The van der Waals surface area contributed by atoms with Gasteiger partial charge in [-0.2, -0.15) is 8.42 Å². The Balaban J connectivity index is 2.19. The SMILES string of the molecule is Cc1ccc(N=Nc2c(O)c(O)cc3ccccc23)c(S(=O)(=O)O)c1. The molecule has 25 heavy (non-hydrogen) atoms. The number of phenolic OH excluding ortho intramolecular Hbond substituents is 2. The molecule has 0 saturated heterocycles. The summed E-state index contributed by atoms with van der Waals surface area (Å²) < 4.78 is 32.4. The normalized spacial score (nSPS) is 12.1. The molecule has 0 bridgehead atoms. The highest BCUT2D eigenvalue weighted by Gasteiger charge is 2.17. The van der Waals surface area contributed by atoms with Crippen molar-refractivity contribution in [3.05, 3.63) is 54.1 Å². The second-order valence-electron chi connectivity index (χ2n) is 5.46. The Hall–Kier alpha value is -2.97. The number of aromatic hydroxyl groups is 2. The van der Waals surface area contributed by atoms with E-state index in [9.17, 15) is 23.2 Å². The van der Waals surface area contributed by atoms with Crippen LogP contribution in [-0.4, -0.2) is 23.2 Å². The van der Waals surface area contributed by atoms with Crippen LogP contribution < -0.4 is 0 Å². The summed E-state index contributed by atoms with van der Waals surface area (Å²) in [4.78, 5) is -0.389. The van der Waals surface area contributed by atoms with Gasteiger partial charge in [0.1, 0.15) is 16.3 Å². The highest BCUT2D eigenvalue weighted by atomic mass is 32.2. The predicted octanol–water partition coefficient (Wildman–Crippen LogP) is 4.22. The third kappa shape index (κ3) is 3.30. The van der Waals surface area contributed by atoms with Crippen LogP contribution in [0, 0.1) is 6.92 Å². The number of nitrogens with zero attached hydrogens (tertiary/aromatic N) is 2. The highest BCUT2D eigenvalue weighted by molar-refractivity contribution is 7.86. The summed E-state index contributed by atoms with van der Waals surface area (Å²) in [5.74, 6) is -0.838. The lowest BCUT2D eigenvalue weighted by Crippen LogP contribution is -1.98. The van der Waals surface area contributed by atoms with Gasteiger partial charge in [-0.3, -0.25) is 4.55 Å². The largest absolute Gasteiger partial charge is 0.504 e. The summed E-state index contributed by atoms with van der Waals surface area (Å²) in [6.07, 6.45) is 0. The molecule has 0 atom stereocenters. The second kappa shape index (κ2) is 6.15. The highest BCUT2D eigenvalue weighted by Crippen LogP contribution is 2.43. The van der Waals surface area contributed by atoms with Gasteiger partial charge < -0.3 is 10.2 Å². The van der Waals surface area contributed by atoms with E-state index < -0.39 is 15.9 Å². The topological polar surface area (TPSA) is 120 Å². The first kappa shape index (κ1) is 16.9. The third-order valence-electron chi connectivity index (χ3n) is 3.63. The molecule has 0 unspecified atom stereocenters. The number of benzene rings is 3. The fourth-order valence-electron chi connectivity index (χ4n) is 2.42. The van der Waals surface area contributed by atoms with Crippen LogP contribution in [0.5, 0.6) is 11.5 Å². The van der Waals surface area contributed by atoms with E-state index in [1.54, 1.807) is 37.3 Å². The van der Waals surface area contributed by atoms with Crippen molar-refractivity contribution >= 4 is 32.3 Å². The molecule has 0 saturated carbocycles. The van der Waals surface area contributed by atoms with Crippen LogP contribution in [0.2, 0.25) is 0 Å². The summed E-state index contributed by atoms with van der Waals surface area (Å²) >= 11 is 0. The minimum atomic E-state index is -4.49. The molecule has 0 amide bonds. The molecule has 0 spiro atoms. The number of fused-ring (bicyclic) bond motifs is 1. The second-order valence-corrected chi connectivity index (χ2v) is 6.85. The zero-order valence-electron chi connectivity index (χ0n) is 13.1. The molecular formula is C17H14N2O5S. The molecule has 0 fully saturated rings. The van der Waals surface area contributed by atoms with E-state index in [4.69, 9.17) is 0 Å². The van der Waals surface area contributed by atoms with Gasteiger partial charge in [-0.05, 0) is 36.1 Å². The van der Waals surface area contributed by atoms with Crippen LogP contribution in [-0.2, 0) is 10.1 Å². The smallest absolute Gasteiger partial charge is 0.296 e. The number of rotatable bonds is 3. The number of hydrogen-bond donors (Lipinski definition) is 3. The minimum Gasteiger partial charge on any atom is -0.504 e.